The number of rotatable bonds is 9. The summed E-state index contributed by atoms with van der Waals surface area (Å²) in [4.78, 5) is 48.9. The molecule has 40 heavy (non-hydrogen) atoms. The van der Waals surface area contributed by atoms with Crippen molar-refractivity contribution in [3.63, 3.8) is 0 Å². The lowest BCUT2D eigenvalue weighted by molar-refractivity contribution is -0.360. The second-order valence-corrected chi connectivity index (χ2v) is 9.86. The zero-order chi connectivity index (χ0) is 32.4. The van der Waals surface area contributed by atoms with Crippen LogP contribution in [0.2, 0.25) is 0 Å². The molecule has 0 radical (unpaired) electrons. The van der Waals surface area contributed by atoms with Gasteiger partial charge in [0.05, 0.1) is 0 Å². The molecule has 0 amide bonds. The quantitative estimate of drug-likeness (QED) is 0.326. The molecule has 1 aliphatic rings. The highest BCUT2D eigenvalue weighted by molar-refractivity contribution is 9.10. The topological polar surface area (TPSA) is 135 Å². The van der Waals surface area contributed by atoms with Gasteiger partial charge in [-0.25, -0.2) is 0 Å². The fourth-order valence-corrected chi connectivity index (χ4v) is 4.80. The molecule has 0 aliphatic carbocycles. The van der Waals surface area contributed by atoms with E-state index in [0.717, 1.165) is 17.5 Å². The summed E-state index contributed by atoms with van der Waals surface area (Å²) < 4.78 is 57.3. The second kappa shape index (κ2) is 13.4. The van der Waals surface area contributed by atoms with E-state index in [1.54, 1.807) is 12.1 Å². The molecular formula is C29H33BrO10. The first-order valence-corrected chi connectivity index (χ1v) is 13.0. The van der Waals surface area contributed by atoms with Crippen LogP contribution in [-0.2, 0) is 61.5 Å². The number of aryl methyl sites for hydroxylation is 1. The van der Waals surface area contributed by atoms with Crippen LogP contribution in [0.4, 0.5) is 0 Å². The normalized spacial score (nSPS) is 25.4. The maximum Gasteiger partial charge on any atom is 0.303 e. The van der Waals surface area contributed by atoms with Crippen molar-refractivity contribution in [3.8, 4) is 0 Å². The summed E-state index contributed by atoms with van der Waals surface area (Å²) in [6, 6.07) is 12.5. The summed E-state index contributed by atoms with van der Waals surface area (Å²) in [5.41, 5.74) is 2.78. The van der Waals surface area contributed by atoms with Gasteiger partial charge in [0.1, 0.15) is 12.7 Å². The van der Waals surface area contributed by atoms with Gasteiger partial charge < -0.3 is 28.8 Å². The van der Waals surface area contributed by atoms with Crippen LogP contribution in [-0.4, -0.2) is 60.0 Å². The molecule has 0 bridgehead atoms. The van der Waals surface area contributed by atoms with Crippen LogP contribution >= 0.6 is 15.9 Å². The van der Waals surface area contributed by atoms with Gasteiger partial charge in [0.25, 0.3) is 0 Å². The van der Waals surface area contributed by atoms with E-state index in [-0.39, 0.29) is 5.56 Å². The zero-order valence-corrected chi connectivity index (χ0v) is 23.4. The highest BCUT2D eigenvalue weighted by atomic mass is 79.9. The van der Waals surface area contributed by atoms with Crippen molar-refractivity contribution in [3.05, 3.63) is 69.2 Å². The SMILES string of the molecule is [2H]CC(=O)OC[C@H]1OC(O)(c2ccc(Br)c(Cc3ccc(CC)cc3)c2)[C@H](OC(=O)C[2H])[C@@H](OC(=O)C[2H])[C@@H]1OC(=O)C[2H]. The molecule has 2 aromatic carbocycles. The molecule has 5 atom stereocenters. The van der Waals surface area contributed by atoms with E-state index in [9.17, 15) is 24.3 Å². The maximum atomic E-state index is 12.4. The molecule has 0 aromatic heterocycles. The Bertz CT molecular complexity index is 1330. The number of halogens is 1. The number of ether oxygens (including phenoxy) is 5. The van der Waals surface area contributed by atoms with E-state index < -0.39 is 88.3 Å². The smallest absolute Gasteiger partial charge is 0.303 e. The molecule has 1 fully saturated rings. The summed E-state index contributed by atoms with van der Waals surface area (Å²) in [5, 5.41) is 12.2. The number of carbonyl (C=O) groups excluding carboxylic acids is 4. The van der Waals surface area contributed by atoms with Crippen molar-refractivity contribution in [1.82, 2.24) is 0 Å². The summed E-state index contributed by atoms with van der Waals surface area (Å²) >= 11 is 3.51. The van der Waals surface area contributed by atoms with Crippen LogP contribution in [0, 0.1) is 0 Å². The summed E-state index contributed by atoms with van der Waals surface area (Å²) in [6.45, 7) is -2.08. The Hall–Kier alpha value is -3.28. The molecular weight excluding hydrogens is 588 g/mol. The molecule has 3 rings (SSSR count). The van der Waals surface area contributed by atoms with Crippen molar-refractivity contribution >= 4 is 39.8 Å². The van der Waals surface area contributed by atoms with Gasteiger partial charge in [-0.1, -0.05) is 53.2 Å². The fourth-order valence-electron chi connectivity index (χ4n) is 4.42. The first kappa shape index (κ1) is 25.7. The molecule has 1 aliphatic heterocycles. The Morgan fingerprint density at radius 1 is 0.900 bits per heavy atom. The van der Waals surface area contributed by atoms with Crippen LogP contribution < -0.4 is 0 Å². The van der Waals surface area contributed by atoms with Gasteiger partial charge >= 0.3 is 23.9 Å². The van der Waals surface area contributed by atoms with Crippen molar-refractivity contribution in [2.24, 2.45) is 0 Å². The Morgan fingerprint density at radius 2 is 1.50 bits per heavy atom. The largest absolute Gasteiger partial charge is 0.463 e. The Labute approximate surface area is 246 Å². The number of carbonyl (C=O) groups is 4. The number of hydrogen-bond acceptors (Lipinski definition) is 10. The van der Waals surface area contributed by atoms with E-state index in [2.05, 4.69) is 15.9 Å². The minimum absolute atomic E-state index is 0.0117. The molecule has 1 heterocycles. The predicted octanol–water partition coefficient (Wildman–Crippen LogP) is 3.50. The molecule has 0 spiro atoms. The lowest BCUT2D eigenvalue weighted by Gasteiger charge is -2.48. The van der Waals surface area contributed by atoms with E-state index in [0.29, 0.717) is 16.5 Å². The van der Waals surface area contributed by atoms with Crippen LogP contribution in [0.25, 0.3) is 0 Å². The molecule has 1 unspecified atom stereocenters. The third kappa shape index (κ3) is 7.67. The summed E-state index contributed by atoms with van der Waals surface area (Å²) in [6.07, 6.45) is -5.76. The number of benzene rings is 2. The van der Waals surface area contributed by atoms with Crippen molar-refractivity contribution in [2.45, 2.75) is 77.6 Å². The fraction of sp³-hybridized carbons (Fsp3) is 0.448. The second-order valence-electron chi connectivity index (χ2n) is 9.01. The lowest BCUT2D eigenvalue weighted by atomic mass is 9.86. The average molecular weight is 626 g/mol. The Balaban J connectivity index is 2.16. The highest BCUT2D eigenvalue weighted by Gasteiger charge is 2.60. The number of hydrogen-bond donors (Lipinski definition) is 1. The molecule has 10 nitrogen and oxygen atoms in total. The van der Waals surface area contributed by atoms with Gasteiger partial charge in [0.15, 0.2) is 12.2 Å². The van der Waals surface area contributed by atoms with E-state index in [4.69, 9.17) is 29.2 Å². The average Bonchev–Trinajstić information content (AvgIpc) is 3.03. The molecule has 2 aromatic rings. The summed E-state index contributed by atoms with van der Waals surface area (Å²) in [7, 11) is 0. The number of esters is 4. The molecule has 216 valence electrons. The van der Waals surface area contributed by atoms with Crippen LogP contribution in [0.15, 0.2) is 46.9 Å². The minimum Gasteiger partial charge on any atom is -0.463 e. The van der Waals surface area contributed by atoms with Gasteiger partial charge in [0.2, 0.25) is 11.9 Å². The Kier molecular flexibility index (Phi) is 8.59. The predicted molar refractivity (Wildman–Crippen MR) is 145 cm³/mol. The lowest BCUT2D eigenvalue weighted by Crippen LogP contribution is -2.66. The minimum atomic E-state index is -2.64. The Morgan fingerprint density at radius 3 is 2.12 bits per heavy atom. The standard InChI is InChI=1S/C29H33BrO10/c1-6-20-7-9-21(10-8-20)13-22-14-23(11-12-24(22)30)29(35)28(39-19(5)34)27(38-18(4)33)26(37-17(3)32)25(40-29)15-36-16(2)31/h7-12,14,25-28,35H,6,13,15H2,1-5H3/t25-,26-,27+,28-,29?/m1/s1/i2D,3D,4D,5D. The number of aliphatic hydroxyl groups is 1. The monoisotopic (exact) mass is 624 g/mol. The zero-order valence-electron chi connectivity index (χ0n) is 25.8. The molecule has 0 saturated carbocycles. The third-order valence-electron chi connectivity index (χ3n) is 6.19. The molecule has 11 heteroatoms. The first-order chi connectivity index (χ1) is 21.0. The van der Waals surface area contributed by atoms with Gasteiger partial charge in [-0.3, -0.25) is 19.2 Å². The summed E-state index contributed by atoms with van der Waals surface area (Å²) in [5.74, 6) is -7.03. The van der Waals surface area contributed by atoms with Gasteiger partial charge in [-0.2, -0.15) is 0 Å². The van der Waals surface area contributed by atoms with Crippen LogP contribution in [0.3, 0.4) is 0 Å². The first-order valence-electron chi connectivity index (χ1n) is 15.0. The van der Waals surface area contributed by atoms with Crippen LogP contribution in [0.1, 0.15) is 62.3 Å². The van der Waals surface area contributed by atoms with E-state index in [1.807, 2.05) is 31.2 Å². The molecule has 1 saturated heterocycles. The van der Waals surface area contributed by atoms with E-state index in [1.165, 1.54) is 6.07 Å². The van der Waals surface area contributed by atoms with Crippen LogP contribution in [0.5, 0.6) is 0 Å². The van der Waals surface area contributed by atoms with Gasteiger partial charge in [-0.05, 0) is 41.7 Å². The van der Waals surface area contributed by atoms with Gasteiger partial charge in [-0.15, -0.1) is 0 Å². The van der Waals surface area contributed by atoms with Gasteiger partial charge in [0, 0.05) is 43.1 Å². The maximum absolute atomic E-state index is 12.4. The van der Waals surface area contributed by atoms with E-state index >= 15 is 0 Å². The molecule has 1 N–H and O–H groups in total. The van der Waals surface area contributed by atoms with Crippen molar-refractivity contribution in [1.29, 1.82) is 0 Å². The third-order valence-corrected chi connectivity index (χ3v) is 6.97. The van der Waals surface area contributed by atoms with Crippen molar-refractivity contribution < 1.29 is 53.5 Å². The van der Waals surface area contributed by atoms with Crippen molar-refractivity contribution in [2.75, 3.05) is 6.61 Å². The highest BCUT2D eigenvalue weighted by Crippen LogP contribution is 2.42.